The maximum atomic E-state index is 10.5. The second kappa shape index (κ2) is 6.79. The zero-order valence-electron chi connectivity index (χ0n) is 7.38. The highest BCUT2D eigenvalue weighted by Gasteiger charge is 2.10. The average Bonchev–Trinajstić information content (AvgIpc) is 2.00. The van der Waals surface area contributed by atoms with E-state index in [4.69, 9.17) is 15.9 Å². The molecule has 0 radical (unpaired) electrons. The van der Waals surface area contributed by atoms with Crippen LogP contribution in [0.2, 0.25) is 0 Å². The highest BCUT2D eigenvalue weighted by molar-refractivity contribution is 5.74. The minimum absolute atomic E-state index is 0.117. The smallest absolute Gasteiger partial charge is 0.220 e. The van der Waals surface area contributed by atoms with E-state index in [1.807, 2.05) is 6.92 Å². The van der Waals surface area contributed by atoms with Crippen LogP contribution in [0.1, 0.15) is 26.2 Å². The van der Waals surface area contributed by atoms with Crippen molar-refractivity contribution in [3.8, 4) is 0 Å². The van der Waals surface area contributed by atoms with Crippen LogP contribution in [-0.4, -0.2) is 24.8 Å². The maximum absolute atomic E-state index is 10.5. The molecular formula is C8H16N2O2. The molecule has 0 saturated heterocycles. The lowest BCUT2D eigenvalue weighted by Gasteiger charge is -2.13. The molecule has 4 nitrogen and oxygen atoms in total. The number of hydrogen-bond acceptors (Lipinski definition) is 3. The van der Waals surface area contributed by atoms with Crippen LogP contribution in [0.5, 0.6) is 0 Å². The van der Waals surface area contributed by atoms with Crippen molar-refractivity contribution in [1.82, 2.24) is 0 Å². The Kier molecular flexibility index (Phi) is 6.28. The molecule has 0 heterocycles. The van der Waals surface area contributed by atoms with E-state index in [0.29, 0.717) is 0 Å². The third-order valence-corrected chi connectivity index (χ3v) is 1.45. The number of hydrogen-bond donors (Lipinski definition) is 2. The lowest BCUT2D eigenvalue weighted by Crippen LogP contribution is -2.23. The van der Waals surface area contributed by atoms with Gasteiger partial charge in [-0.05, 0) is 6.42 Å². The van der Waals surface area contributed by atoms with Crippen LogP contribution >= 0.6 is 0 Å². The van der Waals surface area contributed by atoms with Gasteiger partial charge in [0.15, 0.2) is 0 Å². The Morgan fingerprint density at radius 2 is 2.42 bits per heavy atom. The Bertz CT molecular complexity index is 148. The predicted molar refractivity (Wildman–Crippen MR) is 47.2 cm³/mol. The lowest BCUT2D eigenvalue weighted by molar-refractivity contribution is -0.120. The molecule has 0 fully saturated rings. The fraction of sp³-hybridized carbons (Fsp3) is 0.750. The highest BCUT2D eigenvalue weighted by Crippen LogP contribution is 2.05. The highest BCUT2D eigenvalue weighted by atomic mass is 16.5. The molecule has 1 amide bonds. The lowest BCUT2D eigenvalue weighted by atomic mass is 10.1. The Balaban J connectivity index is 3.68. The minimum Gasteiger partial charge on any atom is -0.372 e. The van der Waals surface area contributed by atoms with Crippen LogP contribution < -0.4 is 5.73 Å². The zero-order valence-corrected chi connectivity index (χ0v) is 7.38. The van der Waals surface area contributed by atoms with E-state index < -0.39 is 0 Å². The summed E-state index contributed by atoms with van der Waals surface area (Å²) in [4.78, 5) is 10.5. The van der Waals surface area contributed by atoms with Gasteiger partial charge in [-0.15, -0.1) is 0 Å². The van der Waals surface area contributed by atoms with E-state index in [-0.39, 0.29) is 25.0 Å². The van der Waals surface area contributed by atoms with Crippen LogP contribution in [0.4, 0.5) is 0 Å². The van der Waals surface area contributed by atoms with Crippen LogP contribution in [0.15, 0.2) is 0 Å². The summed E-state index contributed by atoms with van der Waals surface area (Å²) < 4.78 is 5.20. The molecule has 0 spiro atoms. The molecule has 0 bridgehead atoms. The van der Waals surface area contributed by atoms with Crippen molar-refractivity contribution in [3.05, 3.63) is 0 Å². The number of ether oxygens (including phenoxy) is 1. The molecule has 0 rings (SSSR count). The number of nitrogens with two attached hydrogens (primary N) is 1. The van der Waals surface area contributed by atoms with Gasteiger partial charge in [0, 0.05) is 6.21 Å². The van der Waals surface area contributed by atoms with Gasteiger partial charge < -0.3 is 15.9 Å². The van der Waals surface area contributed by atoms with E-state index in [1.165, 1.54) is 6.21 Å². The molecule has 0 aliphatic heterocycles. The second-order valence-electron chi connectivity index (χ2n) is 2.62. The largest absolute Gasteiger partial charge is 0.372 e. The van der Waals surface area contributed by atoms with Crippen LogP contribution in [-0.2, 0) is 9.53 Å². The van der Waals surface area contributed by atoms with Crippen molar-refractivity contribution in [3.63, 3.8) is 0 Å². The molecular weight excluding hydrogens is 156 g/mol. The van der Waals surface area contributed by atoms with Gasteiger partial charge in [-0.25, -0.2) is 0 Å². The maximum Gasteiger partial charge on any atom is 0.220 e. The molecule has 0 unspecified atom stereocenters. The summed E-state index contributed by atoms with van der Waals surface area (Å²) in [5.74, 6) is -0.349. The van der Waals surface area contributed by atoms with Crippen LogP contribution in [0.25, 0.3) is 0 Å². The molecule has 0 aromatic carbocycles. The van der Waals surface area contributed by atoms with Crippen LogP contribution in [0.3, 0.4) is 0 Å². The first-order valence-corrected chi connectivity index (χ1v) is 4.09. The van der Waals surface area contributed by atoms with Gasteiger partial charge >= 0.3 is 0 Å². The number of carbonyl (C=O) groups is 1. The molecule has 12 heavy (non-hydrogen) atoms. The summed E-state index contributed by atoms with van der Waals surface area (Å²) >= 11 is 0. The van der Waals surface area contributed by atoms with Crippen molar-refractivity contribution in [1.29, 1.82) is 5.41 Å². The summed E-state index contributed by atoms with van der Waals surface area (Å²) in [6.45, 7) is 2.28. The van der Waals surface area contributed by atoms with Gasteiger partial charge in [-0.1, -0.05) is 13.3 Å². The number of primary amides is 1. The average molecular weight is 172 g/mol. The van der Waals surface area contributed by atoms with E-state index >= 15 is 0 Å². The number of amides is 1. The van der Waals surface area contributed by atoms with E-state index in [9.17, 15) is 4.79 Å². The molecule has 0 aliphatic carbocycles. The zero-order chi connectivity index (χ0) is 9.40. The molecule has 70 valence electrons. The molecule has 0 aliphatic rings. The summed E-state index contributed by atoms with van der Waals surface area (Å²) in [6, 6.07) is 0. The molecule has 3 N–H and O–H groups in total. The summed E-state index contributed by atoms with van der Waals surface area (Å²) in [5, 5.41) is 6.74. The van der Waals surface area contributed by atoms with Gasteiger partial charge in [0.1, 0.15) is 0 Å². The minimum atomic E-state index is -0.349. The fourth-order valence-corrected chi connectivity index (χ4v) is 0.975. The predicted octanol–water partition coefficient (Wildman–Crippen LogP) is 0.697. The molecule has 0 aromatic heterocycles. The number of carbonyl (C=O) groups excluding carboxylic acids is 1. The fourth-order valence-electron chi connectivity index (χ4n) is 0.975. The standard InChI is InChI=1S/C8H16N2O2/c1-2-3-7(6-8(10)11)12-5-4-9/h4,7,9H,2-3,5-6H2,1H3,(H2,10,11)/t7-/m1/s1. The van der Waals surface area contributed by atoms with Crippen molar-refractivity contribution >= 4 is 12.1 Å². The first kappa shape index (κ1) is 11.1. The summed E-state index contributed by atoms with van der Waals surface area (Å²) in [5.41, 5.74) is 5.02. The third kappa shape index (κ3) is 5.85. The molecule has 4 heteroatoms. The Hall–Kier alpha value is -0.900. The normalized spacial score (nSPS) is 12.4. The first-order valence-electron chi connectivity index (χ1n) is 4.09. The Morgan fingerprint density at radius 3 is 2.83 bits per heavy atom. The molecule has 0 saturated carbocycles. The third-order valence-electron chi connectivity index (χ3n) is 1.45. The Labute approximate surface area is 72.6 Å². The van der Waals surface area contributed by atoms with Crippen molar-refractivity contribution in [2.24, 2.45) is 5.73 Å². The summed E-state index contributed by atoms with van der Waals surface area (Å²) in [6.07, 6.45) is 3.08. The van der Waals surface area contributed by atoms with Gasteiger partial charge in [-0.3, -0.25) is 4.79 Å². The van der Waals surface area contributed by atoms with Crippen LogP contribution in [0, 0.1) is 5.41 Å². The van der Waals surface area contributed by atoms with Gasteiger partial charge in [0.2, 0.25) is 5.91 Å². The Morgan fingerprint density at radius 1 is 1.75 bits per heavy atom. The van der Waals surface area contributed by atoms with Gasteiger partial charge in [-0.2, -0.15) is 0 Å². The van der Waals surface area contributed by atoms with Crippen molar-refractivity contribution < 1.29 is 9.53 Å². The van der Waals surface area contributed by atoms with Crippen molar-refractivity contribution in [2.75, 3.05) is 6.61 Å². The van der Waals surface area contributed by atoms with E-state index in [2.05, 4.69) is 0 Å². The number of nitrogens with one attached hydrogen (secondary N) is 1. The monoisotopic (exact) mass is 172 g/mol. The molecule has 0 aromatic rings. The van der Waals surface area contributed by atoms with E-state index in [0.717, 1.165) is 12.8 Å². The second-order valence-corrected chi connectivity index (χ2v) is 2.62. The van der Waals surface area contributed by atoms with Gasteiger partial charge in [0.25, 0.3) is 0 Å². The topological polar surface area (TPSA) is 76.2 Å². The van der Waals surface area contributed by atoms with Gasteiger partial charge in [0.05, 0.1) is 19.1 Å². The van der Waals surface area contributed by atoms with E-state index in [1.54, 1.807) is 0 Å². The summed E-state index contributed by atoms with van der Waals surface area (Å²) in [7, 11) is 0. The first-order chi connectivity index (χ1) is 5.70. The quantitative estimate of drug-likeness (QED) is 0.554. The SMILES string of the molecule is CCC[C@H](CC(N)=O)OCC=N. The van der Waals surface area contributed by atoms with Crippen molar-refractivity contribution in [2.45, 2.75) is 32.3 Å². The molecule has 1 atom stereocenters. The number of rotatable bonds is 7.